The molecular formula is C30H21FN2O3. The van der Waals surface area contributed by atoms with Gasteiger partial charge in [-0.25, -0.2) is 4.39 Å². The Kier molecular flexibility index (Phi) is 5.15. The van der Waals surface area contributed by atoms with E-state index in [0.29, 0.717) is 11.1 Å². The molecule has 1 atom stereocenters. The molecule has 5 nitrogen and oxygen atoms in total. The first-order chi connectivity index (χ1) is 17.5. The van der Waals surface area contributed by atoms with Crippen LogP contribution < -0.4 is 0 Å². The fraction of sp³-hybridized carbons (Fsp3) is 0.0667. The predicted octanol–water partition coefficient (Wildman–Crippen LogP) is 6.08. The summed E-state index contributed by atoms with van der Waals surface area (Å²) in [6, 6.07) is 25.9. The van der Waals surface area contributed by atoms with Crippen molar-refractivity contribution in [1.29, 1.82) is 0 Å². The molecule has 6 heteroatoms. The van der Waals surface area contributed by atoms with E-state index in [1.165, 1.54) is 17.0 Å². The van der Waals surface area contributed by atoms with Crippen LogP contribution in [0, 0.1) is 5.82 Å². The Morgan fingerprint density at radius 3 is 2.36 bits per heavy atom. The number of aliphatic hydroxyl groups is 1. The first kappa shape index (κ1) is 21.8. The van der Waals surface area contributed by atoms with Crippen molar-refractivity contribution < 1.29 is 19.1 Å². The number of aromatic nitrogens is 1. The van der Waals surface area contributed by atoms with Crippen molar-refractivity contribution in [3.63, 3.8) is 0 Å². The Balaban J connectivity index is 1.58. The molecule has 1 amide bonds. The summed E-state index contributed by atoms with van der Waals surface area (Å²) in [6.07, 6.45) is 1.65. The first-order valence-electron chi connectivity index (χ1n) is 11.6. The standard InChI is InChI=1S/C30H21FN2O3/c31-20-14-12-18(13-15-20)17-33-27(23-10-5-7-19-6-1-2-8-21(19)23)26(29(35)30(33)36)28(34)24-16-32-25-11-4-3-9-22(24)25/h1-16,27,32,34H,17H2/b28-26+. The Morgan fingerprint density at radius 2 is 1.56 bits per heavy atom. The summed E-state index contributed by atoms with van der Waals surface area (Å²) in [5.74, 6) is -2.08. The molecule has 0 bridgehead atoms. The monoisotopic (exact) mass is 476 g/mol. The Labute approximate surface area is 206 Å². The van der Waals surface area contributed by atoms with Gasteiger partial charge in [-0.1, -0.05) is 72.8 Å². The molecule has 1 saturated heterocycles. The van der Waals surface area contributed by atoms with Crippen molar-refractivity contribution >= 4 is 39.1 Å². The number of carbonyl (C=O) groups is 2. The molecule has 2 N–H and O–H groups in total. The quantitative estimate of drug-likeness (QED) is 0.188. The van der Waals surface area contributed by atoms with Crippen LogP contribution in [0.2, 0.25) is 0 Å². The molecular weight excluding hydrogens is 455 g/mol. The highest BCUT2D eigenvalue weighted by molar-refractivity contribution is 6.46. The number of aliphatic hydroxyl groups excluding tert-OH is 1. The Hall–Kier alpha value is -4.71. The second-order valence-electron chi connectivity index (χ2n) is 8.87. The largest absolute Gasteiger partial charge is 0.507 e. The number of carbonyl (C=O) groups excluding carboxylic acids is 2. The van der Waals surface area contributed by atoms with E-state index in [9.17, 15) is 19.1 Å². The van der Waals surface area contributed by atoms with Gasteiger partial charge in [-0.2, -0.15) is 0 Å². The lowest BCUT2D eigenvalue weighted by atomic mass is 9.91. The molecule has 176 valence electrons. The minimum absolute atomic E-state index is 0.0308. The van der Waals surface area contributed by atoms with Crippen LogP contribution in [-0.2, 0) is 16.1 Å². The van der Waals surface area contributed by atoms with E-state index >= 15 is 0 Å². The van der Waals surface area contributed by atoms with Gasteiger partial charge >= 0.3 is 0 Å². The number of nitrogens with one attached hydrogen (secondary N) is 1. The van der Waals surface area contributed by atoms with Crippen LogP contribution >= 0.6 is 0 Å². The summed E-state index contributed by atoms with van der Waals surface area (Å²) < 4.78 is 13.5. The van der Waals surface area contributed by atoms with Gasteiger partial charge in [-0.15, -0.1) is 0 Å². The minimum Gasteiger partial charge on any atom is -0.507 e. The van der Waals surface area contributed by atoms with Crippen molar-refractivity contribution in [2.75, 3.05) is 0 Å². The number of amides is 1. The molecule has 4 aromatic carbocycles. The molecule has 1 aliphatic rings. The zero-order valence-electron chi connectivity index (χ0n) is 19.1. The van der Waals surface area contributed by atoms with Crippen molar-refractivity contribution in [3.8, 4) is 0 Å². The maximum absolute atomic E-state index is 13.5. The topological polar surface area (TPSA) is 73.4 Å². The lowest BCUT2D eigenvalue weighted by molar-refractivity contribution is -0.140. The molecule has 5 aromatic rings. The van der Waals surface area contributed by atoms with Crippen molar-refractivity contribution in [2.45, 2.75) is 12.6 Å². The Bertz CT molecular complexity index is 1680. The highest BCUT2D eigenvalue weighted by Crippen LogP contribution is 2.43. The average Bonchev–Trinajstić information content (AvgIpc) is 3.44. The second-order valence-corrected chi connectivity index (χ2v) is 8.87. The van der Waals surface area contributed by atoms with Crippen LogP contribution in [0.3, 0.4) is 0 Å². The number of H-pyrrole nitrogens is 1. The smallest absolute Gasteiger partial charge is 0.295 e. The van der Waals surface area contributed by atoms with Gasteiger partial charge in [0, 0.05) is 29.2 Å². The molecule has 0 spiro atoms. The van der Waals surface area contributed by atoms with Crippen LogP contribution in [-0.4, -0.2) is 26.7 Å². The Morgan fingerprint density at radius 1 is 0.861 bits per heavy atom. The normalized spacial score (nSPS) is 17.4. The van der Waals surface area contributed by atoms with Crippen LogP contribution in [0.4, 0.5) is 4.39 Å². The van der Waals surface area contributed by atoms with E-state index in [2.05, 4.69) is 4.98 Å². The summed E-state index contributed by atoms with van der Waals surface area (Å²) in [5.41, 5.74) is 2.70. The molecule has 2 heterocycles. The first-order valence-corrected chi connectivity index (χ1v) is 11.6. The maximum atomic E-state index is 13.5. The third-order valence-corrected chi connectivity index (χ3v) is 6.77. The van der Waals surface area contributed by atoms with Crippen LogP contribution in [0.25, 0.3) is 27.4 Å². The molecule has 0 aliphatic carbocycles. The van der Waals surface area contributed by atoms with Crippen LogP contribution in [0.15, 0.2) is 103 Å². The number of hydrogen-bond donors (Lipinski definition) is 2. The number of ketones is 1. The minimum atomic E-state index is -0.824. The highest BCUT2D eigenvalue weighted by atomic mass is 19.1. The van der Waals surface area contributed by atoms with Crippen LogP contribution in [0.1, 0.15) is 22.7 Å². The van der Waals surface area contributed by atoms with E-state index in [4.69, 9.17) is 0 Å². The molecule has 1 unspecified atom stereocenters. The summed E-state index contributed by atoms with van der Waals surface area (Å²) in [6.45, 7) is 0.0867. The number of likely N-dealkylation sites (tertiary alicyclic amines) is 1. The molecule has 0 saturated carbocycles. The maximum Gasteiger partial charge on any atom is 0.295 e. The number of para-hydroxylation sites is 1. The second kappa shape index (κ2) is 8.50. The lowest BCUT2D eigenvalue weighted by Crippen LogP contribution is -2.29. The van der Waals surface area contributed by atoms with Gasteiger partial charge in [0.15, 0.2) is 0 Å². The molecule has 0 radical (unpaired) electrons. The number of hydrogen-bond acceptors (Lipinski definition) is 3. The number of nitrogens with zero attached hydrogens (tertiary/aromatic N) is 1. The van der Waals surface area contributed by atoms with Crippen molar-refractivity contribution in [1.82, 2.24) is 9.88 Å². The SMILES string of the molecule is O=C1C(=O)N(Cc2ccc(F)cc2)C(c2cccc3ccccc23)/C1=C(\O)c1c[nH]c2ccccc12. The third kappa shape index (κ3) is 3.46. The number of fused-ring (bicyclic) bond motifs is 2. The molecule has 1 fully saturated rings. The van der Waals surface area contributed by atoms with E-state index in [1.54, 1.807) is 18.3 Å². The van der Waals surface area contributed by atoms with E-state index in [-0.39, 0.29) is 23.7 Å². The van der Waals surface area contributed by atoms with Gasteiger partial charge in [-0.3, -0.25) is 9.59 Å². The number of benzene rings is 4. The lowest BCUT2D eigenvalue weighted by Gasteiger charge is -2.26. The van der Waals surface area contributed by atoms with Crippen LogP contribution in [0.5, 0.6) is 0 Å². The summed E-state index contributed by atoms with van der Waals surface area (Å²) in [7, 11) is 0. The van der Waals surface area contributed by atoms with Gasteiger partial charge < -0.3 is 15.0 Å². The zero-order valence-corrected chi connectivity index (χ0v) is 19.1. The van der Waals surface area contributed by atoms with Gasteiger partial charge in [0.1, 0.15) is 11.6 Å². The van der Waals surface area contributed by atoms with E-state index in [0.717, 1.165) is 27.2 Å². The number of aromatic amines is 1. The van der Waals surface area contributed by atoms with Gasteiger partial charge in [0.05, 0.1) is 11.6 Å². The molecule has 1 aromatic heterocycles. The summed E-state index contributed by atoms with van der Waals surface area (Å²) >= 11 is 0. The molecule has 6 rings (SSSR count). The van der Waals surface area contributed by atoms with Gasteiger partial charge in [-0.05, 0) is 40.1 Å². The third-order valence-electron chi connectivity index (χ3n) is 6.77. The van der Waals surface area contributed by atoms with E-state index in [1.807, 2.05) is 66.7 Å². The fourth-order valence-corrected chi connectivity index (χ4v) is 5.05. The fourth-order valence-electron chi connectivity index (χ4n) is 5.05. The number of Topliss-reactive ketones (excluding diaryl/α,β-unsaturated/α-hetero) is 1. The average molecular weight is 477 g/mol. The summed E-state index contributed by atoms with van der Waals surface area (Å²) in [4.78, 5) is 31.4. The zero-order chi connectivity index (χ0) is 24.8. The highest BCUT2D eigenvalue weighted by Gasteiger charge is 2.46. The molecule has 1 aliphatic heterocycles. The van der Waals surface area contributed by atoms with Gasteiger partial charge in [0.25, 0.3) is 11.7 Å². The van der Waals surface area contributed by atoms with Crippen molar-refractivity contribution in [2.24, 2.45) is 0 Å². The number of rotatable bonds is 4. The number of halogens is 1. The molecule has 36 heavy (non-hydrogen) atoms. The van der Waals surface area contributed by atoms with Crippen molar-refractivity contribution in [3.05, 3.63) is 125 Å². The summed E-state index contributed by atoms with van der Waals surface area (Å²) in [5, 5.41) is 14.1. The predicted molar refractivity (Wildman–Crippen MR) is 136 cm³/mol. The van der Waals surface area contributed by atoms with E-state index < -0.39 is 17.7 Å². The van der Waals surface area contributed by atoms with Gasteiger partial charge in [0.2, 0.25) is 0 Å².